The summed E-state index contributed by atoms with van der Waals surface area (Å²) in [5.74, 6) is -0.394. The summed E-state index contributed by atoms with van der Waals surface area (Å²) in [5, 5.41) is 72.2. The Morgan fingerprint density at radius 3 is 1.39 bits per heavy atom. The summed E-state index contributed by atoms with van der Waals surface area (Å²) >= 11 is 0. The molecule has 2 rings (SSSR count). The van der Waals surface area contributed by atoms with E-state index < -0.39 is 86.7 Å². The van der Waals surface area contributed by atoms with E-state index in [1.807, 2.05) is 0 Å². The van der Waals surface area contributed by atoms with Crippen LogP contribution in [0, 0.1) is 0 Å². The molecule has 0 aliphatic carbocycles. The van der Waals surface area contributed by atoms with E-state index in [2.05, 4.69) is 98.9 Å². The maximum absolute atomic E-state index is 13.0. The summed E-state index contributed by atoms with van der Waals surface area (Å²) in [4.78, 5) is 13.0. The van der Waals surface area contributed by atoms with Crippen molar-refractivity contribution in [2.75, 3.05) is 33.0 Å². The normalized spacial score (nSPS) is 25.8. The lowest BCUT2D eigenvalue weighted by Gasteiger charge is -2.42. The van der Waals surface area contributed by atoms with Gasteiger partial charge in [-0.15, -0.1) is 0 Å². The first-order valence-electron chi connectivity index (χ1n) is 27.7. The number of unbranched alkanes of at least 4 members (excludes halogenated alkanes) is 15. The fourth-order valence-electron chi connectivity index (χ4n) is 8.21. The number of carbonyl (C=O) groups is 1. The van der Waals surface area contributed by atoms with E-state index in [0.717, 1.165) is 83.5 Å². The van der Waals surface area contributed by atoms with E-state index in [-0.39, 0.29) is 19.6 Å². The predicted molar refractivity (Wildman–Crippen MR) is 284 cm³/mol. The Bertz CT molecular complexity index is 1510. The number of hydrogen-bond acceptors (Lipinski definition) is 14. The van der Waals surface area contributed by atoms with Crippen LogP contribution in [0.3, 0.4) is 0 Å². The van der Waals surface area contributed by atoms with Gasteiger partial charge in [-0.2, -0.15) is 0 Å². The predicted octanol–water partition coefficient (Wildman–Crippen LogP) is 9.24. The molecule has 414 valence electrons. The van der Waals surface area contributed by atoms with Crippen molar-refractivity contribution >= 4 is 5.97 Å². The maximum atomic E-state index is 13.0. The Labute approximate surface area is 433 Å². The molecule has 0 saturated carbocycles. The average Bonchev–Trinajstić information content (AvgIpc) is 3.38. The minimum Gasteiger partial charge on any atom is -0.457 e. The molecule has 11 atom stereocenters. The van der Waals surface area contributed by atoms with Gasteiger partial charge in [0.2, 0.25) is 0 Å². The summed E-state index contributed by atoms with van der Waals surface area (Å²) in [6, 6.07) is 0. The Hall–Kier alpha value is -2.83. The summed E-state index contributed by atoms with van der Waals surface area (Å²) in [6.45, 7) is 3.45. The highest BCUT2D eigenvalue weighted by molar-refractivity contribution is 5.69. The molecule has 2 heterocycles. The van der Waals surface area contributed by atoms with Crippen LogP contribution < -0.4 is 0 Å². The highest BCUT2D eigenvalue weighted by Crippen LogP contribution is 2.26. The molecule has 0 spiro atoms. The third-order valence-corrected chi connectivity index (χ3v) is 12.7. The van der Waals surface area contributed by atoms with E-state index in [4.69, 9.17) is 28.4 Å². The molecule has 11 unspecified atom stereocenters. The highest BCUT2D eigenvalue weighted by atomic mass is 16.7. The number of aliphatic hydroxyl groups is 7. The Balaban J connectivity index is 1.76. The molecule has 72 heavy (non-hydrogen) atoms. The smallest absolute Gasteiger partial charge is 0.306 e. The minimum absolute atomic E-state index is 0.0284. The fraction of sp³-hybridized carbons (Fsp3) is 0.741. The number of carbonyl (C=O) groups excluding carboxylic acids is 1. The van der Waals surface area contributed by atoms with Crippen molar-refractivity contribution < 1.29 is 69.0 Å². The zero-order valence-electron chi connectivity index (χ0n) is 44.1. The van der Waals surface area contributed by atoms with Crippen LogP contribution >= 0.6 is 0 Å². The first-order valence-corrected chi connectivity index (χ1v) is 27.7. The zero-order chi connectivity index (χ0) is 52.3. The van der Waals surface area contributed by atoms with Crippen molar-refractivity contribution in [2.24, 2.45) is 0 Å². The van der Waals surface area contributed by atoms with Gasteiger partial charge in [-0.1, -0.05) is 182 Å². The summed E-state index contributed by atoms with van der Waals surface area (Å²) in [5.41, 5.74) is 0. The molecule has 7 N–H and O–H groups in total. The number of rotatable bonds is 43. The lowest BCUT2D eigenvalue weighted by atomic mass is 9.98. The van der Waals surface area contributed by atoms with E-state index in [1.54, 1.807) is 0 Å². The standard InChI is InChI=1S/C58H98O14/c1-3-5-7-9-11-13-15-17-19-20-21-22-23-24-25-26-27-28-30-32-34-36-38-40-42-67-44-47(70-50(60)41-39-37-35-33-31-29-18-16-14-12-10-8-6-4-2)45-68-57-56(66)54(64)52(62)49(72-57)46-69-58-55(65)53(63)51(61)48(43-59)71-58/h5,7,11,13,17,19,21-22,24-25,27-28,32,34,47-49,51-59,61-66H,3-4,6,8-10,12,14-16,18,20,23,26,29-31,33,35-46H2,1-2H3/b7-5-,13-11-,19-17-,22-21-,25-24-,28-27-,34-32-. The van der Waals surface area contributed by atoms with Crippen molar-refractivity contribution in [3.8, 4) is 0 Å². The molecule has 0 aromatic carbocycles. The van der Waals surface area contributed by atoms with Crippen LogP contribution in [-0.2, 0) is 33.2 Å². The molecule has 0 radical (unpaired) electrons. The number of allylic oxidation sites excluding steroid dienone is 14. The quantitative estimate of drug-likeness (QED) is 0.0172. The van der Waals surface area contributed by atoms with Crippen molar-refractivity contribution in [3.05, 3.63) is 85.1 Å². The molecule has 0 aromatic rings. The first-order chi connectivity index (χ1) is 35.1. The van der Waals surface area contributed by atoms with Crippen molar-refractivity contribution in [2.45, 2.75) is 242 Å². The van der Waals surface area contributed by atoms with Gasteiger partial charge in [0.25, 0.3) is 0 Å². The molecule has 14 heteroatoms. The molecular formula is C58H98O14. The van der Waals surface area contributed by atoms with Crippen LogP contribution in [0.15, 0.2) is 85.1 Å². The van der Waals surface area contributed by atoms with Crippen LogP contribution in [-0.4, -0.2) is 142 Å². The zero-order valence-corrected chi connectivity index (χ0v) is 44.1. The van der Waals surface area contributed by atoms with E-state index in [9.17, 15) is 40.5 Å². The second-order valence-electron chi connectivity index (χ2n) is 19.0. The number of aliphatic hydroxyl groups excluding tert-OH is 7. The third-order valence-electron chi connectivity index (χ3n) is 12.7. The molecule has 0 aromatic heterocycles. The van der Waals surface area contributed by atoms with Gasteiger partial charge in [0.15, 0.2) is 12.6 Å². The average molecular weight is 1020 g/mol. The monoisotopic (exact) mass is 1020 g/mol. The SMILES string of the molecule is CC/C=C\C/C=C\C/C=C\C/C=C\C/C=C\C/C=C\C/C=C\CCCCOCC(COC1OC(COC2OC(CO)C(O)C(O)C2O)C(O)C(O)C1O)OC(=O)CCCCCCCCCCCCCCCC. The molecule has 2 fully saturated rings. The molecular weight excluding hydrogens is 921 g/mol. The van der Waals surface area contributed by atoms with Crippen LogP contribution in [0.4, 0.5) is 0 Å². The van der Waals surface area contributed by atoms with Gasteiger partial charge >= 0.3 is 5.97 Å². The Morgan fingerprint density at radius 2 is 0.903 bits per heavy atom. The van der Waals surface area contributed by atoms with E-state index in [1.165, 1.54) is 64.2 Å². The second kappa shape index (κ2) is 44.5. The maximum Gasteiger partial charge on any atom is 0.306 e. The van der Waals surface area contributed by atoms with Gasteiger partial charge in [0.1, 0.15) is 54.9 Å². The van der Waals surface area contributed by atoms with Gasteiger partial charge in [-0.3, -0.25) is 4.79 Å². The number of ether oxygens (including phenoxy) is 6. The largest absolute Gasteiger partial charge is 0.457 e. The number of hydrogen-bond donors (Lipinski definition) is 7. The molecule has 0 amide bonds. The summed E-state index contributed by atoms with van der Waals surface area (Å²) in [6.07, 6.45) is 40.8. The van der Waals surface area contributed by atoms with Crippen LogP contribution in [0.2, 0.25) is 0 Å². The van der Waals surface area contributed by atoms with E-state index >= 15 is 0 Å². The molecule has 2 aliphatic heterocycles. The summed E-state index contributed by atoms with van der Waals surface area (Å²) < 4.78 is 34.3. The Morgan fingerprint density at radius 1 is 0.472 bits per heavy atom. The third kappa shape index (κ3) is 31.1. The molecule has 14 nitrogen and oxygen atoms in total. The van der Waals surface area contributed by atoms with Gasteiger partial charge < -0.3 is 64.2 Å². The van der Waals surface area contributed by atoms with Crippen LogP contribution in [0.5, 0.6) is 0 Å². The van der Waals surface area contributed by atoms with Crippen LogP contribution in [0.1, 0.15) is 174 Å². The molecule has 2 aliphatic rings. The molecule has 2 saturated heterocycles. The highest BCUT2D eigenvalue weighted by Gasteiger charge is 2.47. The minimum atomic E-state index is -1.72. The van der Waals surface area contributed by atoms with Crippen LogP contribution in [0.25, 0.3) is 0 Å². The lowest BCUT2D eigenvalue weighted by Crippen LogP contribution is -2.61. The Kier molecular flexibility index (Phi) is 40.3. The second-order valence-corrected chi connectivity index (χ2v) is 19.0. The summed E-state index contributed by atoms with van der Waals surface area (Å²) in [7, 11) is 0. The molecule has 0 bridgehead atoms. The van der Waals surface area contributed by atoms with Crippen molar-refractivity contribution in [1.29, 1.82) is 0 Å². The lowest BCUT2D eigenvalue weighted by molar-refractivity contribution is -0.332. The van der Waals surface area contributed by atoms with Gasteiger partial charge in [-0.25, -0.2) is 0 Å². The van der Waals surface area contributed by atoms with Gasteiger partial charge in [-0.05, 0) is 70.6 Å². The first kappa shape index (κ1) is 65.3. The fourth-order valence-corrected chi connectivity index (χ4v) is 8.21. The van der Waals surface area contributed by atoms with Crippen molar-refractivity contribution in [3.63, 3.8) is 0 Å². The topological polar surface area (TPSA) is 214 Å². The van der Waals surface area contributed by atoms with Gasteiger partial charge in [0, 0.05) is 13.0 Å². The number of esters is 1. The van der Waals surface area contributed by atoms with E-state index in [0.29, 0.717) is 13.0 Å². The van der Waals surface area contributed by atoms with Gasteiger partial charge in [0.05, 0.1) is 26.4 Å². The van der Waals surface area contributed by atoms with Crippen molar-refractivity contribution in [1.82, 2.24) is 0 Å².